The third-order valence-electron chi connectivity index (χ3n) is 5.59. The Morgan fingerprint density at radius 1 is 1.18 bits per heavy atom. The van der Waals surface area contributed by atoms with Crippen LogP contribution in [0, 0.1) is 10.1 Å². The molecule has 0 spiro atoms. The molecule has 4 rings (SSSR count). The fourth-order valence-corrected chi connectivity index (χ4v) is 3.62. The summed E-state index contributed by atoms with van der Waals surface area (Å²) in [5.41, 5.74) is 4.45. The van der Waals surface area contributed by atoms with Crippen molar-refractivity contribution in [1.29, 1.82) is 0 Å². The zero-order valence-corrected chi connectivity index (χ0v) is 19.4. The number of carbonyl (C=O) groups excluding carboxylic acids is 1. The molecule has 1 heterocycles. The van der Waals surface area contributed by atoms with E-state index in [1.165, 1.54) is 29.8 Å². The van der Waals surface area contributed by atoms with Gasteiger partial charge in [-0.2, -0.15) is 0 Å². The van der Waals surface area contributed by atoms with Crippen LogP contribution in [-0.2, 0) is 4.79 Å². The Morgan fingerprint density at radius 2 is 1.94 bits per heavy atom. The first-order chi connectivity index (χ1) is 16.3. The number of rotatable bonds is 7. The van der Waals surface area contributed by atoms with Crippen molar-refractivity contribution in [2.24, 2.45) is 0 Å². The Hall–Kier alpha value is -3.97. The van der Waals surface area contributed by atoms with E-state index in [0.717, 1.165) is 23.1 Å². The molecule has 0 saturated heterocycles. The molecule has 1 N–H and O–H groups in total. The van der Waals surface area contributed by atoms with Gasteiger partial charge in [0.05, 0.1) is 4.92 Å². The lowest BCUT2D eigenvalue weighted by atomic mass is 9.98. The highest BCUT2D eigenvalue weighted by atomic mass is 35.5. The number of nitrogens with one attached hydrogen (secondary N) is 1. The maximum atomic E-state index is 12.3. The first-order valence-electron chi connectivity index (χ1n) is 10.8. The SMILES string of the molecule is CC[C@@H](C)c1ccc2oc(-c3ccc(NC(=O)/C=C/c4ccc(Cl)c([N+](=O)[O-])c4)cc3)nc2c1. The molecule has 0 aliphatic carbocycles. The summed E-state index contributed by atoms with van der Waals surface area (Å²) < 4.78 is 5.90. The van der Waals surface area contributed by atoms with Gasteiger partial charge in [-0.25, -0.2) is 4.98 Å². The maximum absolute atomic E-state index is 12.3. The van der Waals surface area contributed by atoms with E-state index in [9.17, 15) is 14.9 Å². The molecule has 0 radical (unpaired) electrons. The number of carbonyl (C=O) groups is 1. The molecule has 172 valence electrons. The van der Waals surface area contributed by atoms with Crippen molar-refractivity contribution in [3.8, 4) is 11.5 Å². The minimum atomic E-state index is -0.567. The van der Waals surface area contributed by atoms with E-state index < -0.39 is 4.92 Å². The van der Waals surface area contributed by atoms with Crippen LogP contribution < -0.4 is 5.32 Å². The highest BCUT2D eigenvalue weighted by Crippen LogP contribution is 2.29. The summed E-state index contributed by atoms with van der Waals surface area (Å²) in [6, 6.07) is 17.6. The Bertz CT molecular complexity index is 1390. The minimum absolute atomic E-state index is 0.0431. The van der Waals surface area contributed by atoms with Crippen LogP contribution in [0.2, 0.25) is 5.02 Å². The van der Waals surface area contributed by atoms with Crippen molar-refractivity contribution in [2.45, 2.75) is 26.2 Å². The molecule has 0 fully saturated rings. The van der Waals surface area contributed by atoms with Crippen molar-refractivity contribution in [3.63, 3.8) is 0 Å². The van der Waals surface area contributed by atoms with Gasteiger partial charge in [0.2, 0.25) is 11.8 Å². The van der Waals surface area contributed by atoms with Gasteiger partial charge in [0, 0.05) is 23.4 Å². The summed E-state index contributed by atoms with van der Waals surface area (Å²) in [5, 5.41) is 13.8. The normalized spacial score (nSPS) is 12.2. The Labute approximate surface area is 201 Å². The number of oxazole rings is 1. The molecular weight excluding hydrogens is 454 g/mol. The van der Waals surface area contributed by atoms with Gasteiger partial charge in [-0.15, -0.1) is 0 Å². The van der Waals surface area contributed by atoms with E-state index in [1.807, 2.05) is 18.2 Å². The molecule has 0 saturated carbocycles. The van der Waals surface area contributed by atoms with Crippen LogP contribution in [0.15, 0.2) is 71.2 Å². The van der Waals surface area contributed by atoms with Gasteiger partial charge in [0.1, 0.15) is 10.5 Å². The molecule has 0 bridgehead atoms. The quantitative estimate of drug-likeness (QED) is 0.173. The molecular formula is C26H22ClN3O4. The second-order valence-corrected chi connectivity index (χ2v) is 8.33. The summed E-state index contributed by atoms with van der Waals surface area (Å²) in [5.74, 6) is 0.597. The molecule has 0 aliphatic rings. The second kappa shape index (κ2) is 9.89. The van der Waals surface area contributed by atoms with Gasteiger partial charge in [0.15, 0.2) is 5.58 Å². The van der Waals surface area contributed by atoms with E-state index in [1.54, 1.807) is 18.2 Å². The first kappa shape index (κ1) is 23.2. The monoisotopic (exact) mass is 475 g/mol. The number of hydrogen-bond acceptors (Lipinski definition) is 5. The van der Waals surface area contributed by atoms with Gasteiger partial charge in [-0.3, -0.25) is 14.9 Å². The number of benzene rings is 3. The Balaban J connectivity index is 1.44. The van der Waals surface area contributed by atoms with Gasteiger partial charge < -0.3 is 9.73 Å². The standard InChI is InChI=1S/C26H22ClN3O4/c1-3-16(2)19-8-12-24-22(15-19)29-26(34-24)18-6-9-20(10-7-18)28-25(31)13-5-17-4-11-21(27)23(14-17)30(32)33/h4-16H,3H2,1-2H3,(H,28,31)/b13-5+/t16-/m1/s1. The molecule has 34 heavy (non-hydrogen) atoms. The number of anilines is 1. The average Bonchev–Trinajstić information content (AvgIpc) is 3.26. The third-order valence-corrected chi connectivity index (χ3v) is 5.91. The van der Waals surface area contributed by atoms with Crippen molar-refractivity contribution in [2.75, 3.05) is 5.32 Å². The number of fused-ring (bicyclic) bond motifs is 1. The molecule has 3 aromatic carbocycles. The zero-order chi connectivity index (χ0) is 24.2. The van der Waals surface area contributed by atoms with Crippen molar-refractivity contribution in [1.82, 2.24) is 4.98 Å². The highest BCUT2D eigenvalue weighted by molar-refractivity contribution is 6.32. The first-order valence-corrected chi connectivity index (χ1v) is 11.2. The molecule has 7 nitrogen and oxygen atoms in total. The Kier molecular flexibility index (Phi) is 6.75. The van der Waals surface area contributed by atoms with Gasteiger partial charge >= 0.3 is 0 Å². The van der Waals surface area contributed by atoms with Crippen LogP contribution in [-0.4, -0.2) is 15.8 Å². The second-order valence-electron chi connectivity index (χ2n) is 7.92. The lowest BCUT2D eigenvalue weighted by Gasteiger charge is -2.07. The van der Waals surface area contributed by atoms with E-state index in [4.69, 9.17) is 16.0 Å². The molecule has 1 atom stereocenters. The number of nitrogens with zero attached hydrogens (tertiary/aromatic N) is 2. The van der Waals surface area contributed by atoms with Crippen LogP contribution in [0.25, 0.3) is 28.6 Å². The third kappa shape index (κ3) is 5.15. The fourth-order valence-electron chi connectivity index (χ4n) is 3.44. The number of amides is 1. The van der Waals surface area contributed by atoms with Gasteiger partial charge in [-0.1, -0.05) is 37.6 Å². The van der Waals surface area contributed by atoms with Crippen molar-refractivity contribution in [3.05, 3.63) is 93.0 Å². The van der Waals surface area contributed by atoms with Crippen LogP contribution in [0.4, 0.5) is 11.4 Å². The summed E-state index contributed by atoms with van der Waals surface area (Å²) in [7, 11) is 0. The summed E-state index contributed by atoms with van der Waals surface area (Å²) >= 11 is 5.81. The largest absolute Gasteiger partial charge is 0.436 e. The van der Waals surface area contributed by atoms with Crippen molar-refractivity contribution >= 4 is 46.1 Å². The number of halogens is 1. The minimum Gasteiger partial charge on any atom is -0.436 e. The number of nitro benzene ring substituents is 1. The summed E-state index contributed by atoms with van der Waals surface area (Å²) in [6.45, 7) is 4.34. The fraction of sp³-hybridized carbons (Fsp3) is 0.154. The number of nitro groups is 1. The Morgan fingerprint density at radius 3 is 2.65 bits per heavy atom. The molecule has 0 aliphatic heterocycles. The topological polar surface area (TPSA) is 98.3 Å². The lowest BCUT2D eigenvalue weighted by molar-refractivity contribution is -0.384. The van der Waals surface area contributed by atoms with E-state index >= 15 is 0 Å². The van der Waals surface area contributed by atoms with Gasteiger partial charge in [0.25, 0.3) is 5.69 Å². The lowest BCUT2D eigenvalue weighted by Crippen LogP contribution is -2.07. The summed E-state index contributed by atoms with van der Waals surface area (Å²) in [6.07, 6.45) is 3.84. The molecule has 1 amide bonds. The van der Waals surface area contributed by atoms with Crippen molar-refractivity contribution < 1.29 is 14.1 Å². The predicted octanol–water partition coefficient (Wildman–Crippen LogP) is 7.22. The van der Waals surface area contributed by atoms with Crippen LogP contribution in [0.1, 0.15) is 37.3 Å². The molecule has 0 unspecified atom stereocenters. The van der Waals surface area contributed by atoms with Crippen LogP contribution in [0.5, 0.6) is 0 Å². The van der Waals surface area contributed by atoms with E-state index in [2.05, 4.69) is 36.3 Å². The number of hydrogen-bond donors (Lipinski definition) is 1. The van der Waals surface area contributed by atoms with Crippen LogP contribution >= 0.6 is 11.6 Å². The van der Waals surface area contributed by atoms with Crippen LogP contribution in [0.3, 0.4) is 0 Å². The molecule has 1 aromatic heterocycles. The average molecular weight is 476 g/mol. The maximum Gasteiger partial charge on any atom is 0.288 e. The van der Waals surface area contributed by atoms with E-state index in [0.29, 0.717) is 23.1 Å². The smallest absolute Gasteiger partial charge is 0.288 e. The highest BCUT2D eigenvalue weighted by Gasteiger charge is 2.13. The summed E-state index contributed by atoms with van der Waals surface area (Å²) in [4.78, 5) is 27.3. The van der Waals surface area contributed by atoms with E-state index in [-0.39, 0.29) is 16.6 Å². The number of aromatic nitrogens is 1. The molecule has 8 heteroatoms. The molecule has 4 aromatic rings. The predicted molar refractivity (Wildman–Crippen MR) is 134 cm³/mol. The zero-order valence-electron chi connectivity index (χ0n) is 18.6. The van der Waals surface area contributed by atoms with Gasteiger partial charge in [-0.05, 0) is 72.0 Å².